The summed E-state index contributed by atoms with van der Waals surface area (Å²) in [7, 11) is 3.58. The number of nitrogens with one attached hydrogen (secondary N) is 2. The lowest BCUT2D eigenvalue weighted by Gasteiger charge is -2.14. The number of guanidine groups is 1. The first kappa shape index (κ1) is 21.9. The minimum atomic E-state index is 0. The van der Waals surface area contributed by atoms with Crippen LogP contribution >= 0.6 is 47.2 Å². The molecule has 0 aliphatic carbocycles. The van der Waals surface area contributed by atoms with E-state index in [-0.39, 0.29) is 24.0 Å². The Kier molecular flexibility index (Phi) is 9.37. The van der Waals surface area contributed by atoms with Crippen molar-refractivity contribution in [2.24, 2.45) is 12.0 Å². The zero-order chi connectivity index (χ0) is 17.5. The van der Waals surface area contributed by atoms with Crippen LogP contribution in [0.2, 0.25) is 10.2 Å². The van der Waals surface area contributed by atoms with E-state index in [1.54, 1.807) is 13.2 Å². The van der Waals surface area contributed by atoms with Crippen LogP contribution in [-0.2, 0) is 20.1 Å². The highest BCUT2D eigenvalue weighted by molar-refractivity contribution is 14.0. The first-order valence-electron chi connectivity index (χ1n) is 7.57. The predicted octanol–water partition coefficient (Wildman–Crippen LogP) is 3.61. The zero-order valence-corrected chi connectivity index (χ0v) is 18.2. The highest BCUT2D eigenvalue weighted by Crippen LogP contribution is 2.24. The highest BCUT2D eigenvalue weighted by atomic mass is 127. The molecule has 25 heavy (non-hydrogen) atoms. The molecule has 0 fully saturated rings. The number of nitrogens with zero attached hydrogens (tertiary/aromatic N) is 3. The van der Waals surface area contributed by atoms with Crippen LogP contribution < -0.4 is 15.4 Å². The molecular weight excluding hydrogens is 476 g/mol. The molecule has 0 unspecified atom stereocenters. The fraction of sp³-hybridized carbons (Fsp3) is 0.375. The molecule has 0 aliphatic heterocycles. The van der Waals surface area contributed by atoms with Crippen molar-refractivity contribution in [3.8, 4) is 5.88 Å². The van der Waals surface area contributed by atoms with Gasteiger partial charge in [-0.1, -0.05) is 29.3 Å². The number of hydrogen-bond acceptors (Lipinski definition) is 3. The van der Waals surface area contributed by atoms with E-state index >= 15 is 0 Å². The number of aliphatic imine (C=N–C) groups is 1. The summed E-state index contributed by atoms with van der Waals surface area (Å²) in [4.78, 5) is 8.45. The monoisotopic (exact) mass is 497 g/mol. The minimum Gasteiger partial charge on any atom is -0.478 e. The first-order valence-corrected chi connectivity index (χ1v) is 8.33. The fourth-order valence-corrected chi connectivity index (χ4v) is 2.57. The van der Waals surface area contributed by atoms with Gasteiger partial charge in [-0.3, -0.25) is 4.99 Å². The van der Waals surface area contributed by atoms with Gasteiger partial charge in [0, 0.05) is 38.1 Å². The third kappa shape index (κ3) is 5.93. The lowest BCUT2D eigenvalue weighted by molar-refractivity contribution is 0.322. The summed E-state index contributed by atoms with van der Waals surface area (Å²) in [5, 5.41) is 7.53. The summed E-state index contributed by atoms with van der Waals surface area (Å²) >= 11 is 12.1. The molecule has 2 heterocycles. The van der Waals surface area contributed by atoms with Crippen LogP contribution in [0.15, 0.2) is 29.4 Å². The van der Waals surface area contributed by atoms with Crippen molar-refractivity contribution in [2.75, 3.05) is 13.7 Å². The topological polar surface area (TPSA) is 63.5 Å². The number of pyridine rings is 1. The Morgan fingerprint density at radius 3 is 2.64 bits per heavy atom. The molecule has 2 rings (SSSR count). The summed E-state index contributed by atoms with van der Waals surface area (Å²) in [6, 6.07) is 5.68. The largest absolute Gasteiger partial charge is 0.478 e. The third-order valence-corrected chi connectivity index (χ3v) is 4.30. The summed E-state index contributed by atoms with van der Waals surface area (Å²) in [5.41, 5.74) is 1.93. The fourth-order valence-electron chi connectivity index (χ4n) is 2.16. The van der Waals surface area contributed by atoms with Crippen molar-refractivity contribution >= 4 is 53.1 Å². The number of aromatic nitrogens is 2. The van der Waals surface area contributed by atoms with Crippen LogP contribution in [0.3, 0.4) is 0 Å². The van der Waals surface area contributed by atoms with Crippen LogP contribution in [0.25, 0.3) is 0 Å². The average Bonchev–Trinajstić information content (AvgIpc) is 2.83. The maximum atomic E-state index is 6.07. The smallest absolute Gasteiger partial charge is 0.218 e. The van der Waals surface area contributed by atoms with E-state index in [0.717, 1.165) is 11.3 Å². The molecule has 6 nitrogen and oxygen atoms in total. The Morgan fingerprint density at radius 2 is 2.04 bits per heavy atom. The molecule has 0 radical (unpaired) electrons. The molecule has 2 aromatic heterocycles. The van der Waals surface area contributed by atoms with Crippen LogP contribution in [0.4, 0.5) is 0 Å². The van der Waals surface area contributed by atoms with Crippen LogP contribution in [0, 0.1) is 0 Å². The summed E-state index contributed by atoms with van der Waals surface area (Å²) < 4.78 is 7.35. The second kappa shape index (κ2) is 10.7. The lowest BCUT2D eigenvalue weighted by Crippen LogP contribution is -2.36. The van der Waals surface area contributed by atoms with Crippen molar-refractivity contribution in [3.05, 3.63) is 45.8 Å². The van der Waals surface area contributed by atoms with Gasteiger partial charge in [0.1, 0.15) is 5.15 Å². The van der Waals surface area contributed by atoms with Gasteiger partial charge in [-0.2, -0.15) is 0 Å². The van der Waals surface area contributed by atoms with Gasteiger partial charge in [-0.05, 0) is 19.1 Å². The molecule has 9 heteroatoms. The quantitative estimate of drug-likeness (QED) is 0.363. The minimum absolute atomic E-state index is 0. The highest BCUT2D eigenvalue weighted by Gasteiger charge is 2.10. The van der Waals surface area contributed by atoms with Gasteiger partial charge in [0.2, 0.25) is 5.88 Å². The SMILES string of the molecule is CCOc1ncccc1CNC(=NC)NCc1cc(Cl)c(Cl)n1C.I. The van der Waals surface area contributed by atoms with E-state index in [9.17, 15) is 0 Å². The Labute approximate surface area is 175 Å². The molecule has 2 N–H and O–H groups in total. The molecule has 0 spiro atoms. The normalized spacial score (nSPS) is 11.0. The maximum absolute atomic E-state index is 6.07. The average molecular weight is 498 g/mol. The zero-order valence-electron chi connectivity index (χ0n) is 14.3. The van der Waals surface area contributed by atoms with Crippen molar-refractivity contribution in [1.82, 2.24) is 20.2 Å². The van der Waals surface area contributed by atoms with E-state index in [2.05, 4.69) is 20.6 Å². The van der Waals surface area contributed by atoms with Gasteiger partial charge >= 0.3 is 0 Å². The third-order valence-electron chi connectivity index (χ3n) is 3.45. The van der Waals surface area contributed by atoms with Crippen molar-refractivity contribution in [3.63, 3.8) is 0 Å². The van der Waals surface area contributed by atoms with E-state index in [0.29, 0.717) is 41.7 Å². The molecule has 0 aliphatic rings. The Morgan fingerprint density at radius 1 is 1.32 bits per heavy atom. The Bertz CT molecular complexity index is 721. The van der Waals surface area contributed by atoms with E-state index in [1.807, 2.05) is 36.7 Å². The number of rotatable bonds is 6. The molecule has 0 saturated heterocycles. The molecule has 0 bridgehead atoms. The van der Waals surface area contributed by atoms with Crippen molar-refractivity contribution in [2.45, 2.75) is 20.0 Å². The first-order chi connectivity index (χ1) is 11.6. The van der Waals surface area contributed by atoms with Gasteiger partial charge in [0.05, 0.1) is 18.2 Å². The predicted molar refractivity (Wildman–Crippen MR) is 113 cm³/mol. The summed E-state index contributed by atoms with van der Waals surface area (Å²) in [5.74, 6) is 1.29. The van der Waals surface area contributed by atoms with Crippen LogP contribution in [-0.4, -0.2) is 29.2 Å². The number of hydrogen-bond donors (Lipinski definition) is 2. The van der Waals surface area contributed by atoms with Gasteiger partial charge in [0.15, 0.2) is 5.96 Å². The van der Waals surface area contributed by atoms with Crippen molar-refractivity contribution < 1.29 is 4.74 Å². The lowest BCUT2D eigenvalue weighted by atomic mass is 10.2. The Balaban J connectivity index is 0.00000312. The second-order valence-corrected chi connectivity index (χ2v) is 5.78. The molecular formula is C16H22Cl2IN5O. The molecule has 138 valence electrons. The summed E-state index contributed by atoms with van der Waals surface area (Å²) in [6.07, 6.45) is 1.71. The molecule has 0 atom stereocenters. The number of ether oxygens (including phenoxy) is 1. The summed E-state index contributed by atoms with van der Waals surface area (Å²) in [6.45, 7) is 3.61. The van der Waals surface area contributed by atoms with Gasteiger partial charge in [-0.15, -0.1) is 24.0 Å². The van der Waals surface area contributed by atoms with E-state index < -0.39 is 0 Å². The molecule has 0 aromatic carbocycles. The van der Waals surface area contributed by atoms with Gasteiger partial charge in [0.25, 0.3) is 0 Å². The van der Waals surface area contributed by atoms with Gasteiger partial charge < -0.3 is 19.9 Å². The van der Waals surface area contributed by atoms with Crippen LogP contribution in [0.1, 0.15) is 18.2 Å². The molecule has 0 saturated carbocycles. The van der Waals surface area contributed by atoms with E-state index in [1.165, 1.54) is 0 Å². The maximum Gasteiger partial charge on any atom is 0.218 e. The van der Waals surface area contributed by atoms with Crippen molar-refractivity contribution in [1.29, 1.82) is 0 Å². The molecule has 2 aromatic rings. The van der Waals surface area contributed by atoms with Gasteiger partial charge in [-0.25, -0.2) is 4.98 Å². The standard InChI is InChI=1S/C16H21Cl2N5O.HI/c1-4-24-15-11(6-5-7-20-15)9-21-16(19-2)22-10-12-8-13(17)14(18)23(12)3;/h5-8H,4,9-10H2,1-3H3,(H2,19,21,22);1H. The second-order valence-electron chi connectivity index (χ2n) is 5.01. The number of halogens is 3. The van der Waals surface area contributed by atoms with Crippen LogP contribution in [0.5, 0.6) is 5.88 Å². The Hall–Kier alpha value is -1.19. The van der Waals surface area contributed by atoms with E-state index in [4.69, 9.17) is 27.9 Å². The molecule has 0 amide bonds.